The van der Waals surface area contributed by atoms with Crippen LogP contribution in [0.3, 0.4) is 0 Å². The molecule has 12 nitrogen and oxygen atoms in total. The van der Waals surface area contributed by atoms with E-state index in [4.69, 9.17) is 24.2 Å². The molecule has 0 radical (unpaired) electrons. The molecule has 1 N–H and O–H groups in total. The van der Waals surface area contributed by atoms with Crippen molar-refractivity contribution in [2.24, 2.45) is 0 Å². The van der Waals surface area contributed by atoms with Crippen LogP contribution >= 0.6 is 0 Å². The molecule has 228 valence electrons. The number of carbonyl (C=O) groups is 1. The van der Waals surface area contributed by atoms with E-state index in [1.54, 1.807) is 11.2 Å². The number of amides is 1. The number of fused-ring (bicyclic) bond motifs is 2. The van der Waals surface area contributed by atoms with Crippen LogP contribution in [0.25, 0.3) is 22.1 Å². The lowest BCUT2D eigenvalue weighted by atomic mass is 10.1. The fraction of sp³-hybridized carbons (Fsp3) is 0.516. The minimum atomic E-state index is -0.516. The van der Waals surface area contributed by atoms with Gasteiger partial charge in [-0.25, -0.2) is 9.78 Å². The molecule has 1 amide bonds. The van der Waals surface area contributed by atoms with Gasteiger partial charge in [0.05, 0.1) is 17.9 Å². The SMILES string of the molecule is CC(C)Oc1nc(Nc2ccc3nccc(N4CCN(C(=O)OC(C)(C)C)CC4)c3c2)nc2c1ncn2C1CCCCO1. The number of ether oxygens (including phenoxy) is 3. The van der Waals surface area contributed by atoms with Gasteiger partial charge in [0.25, 0.3) is 0 Å². The number of nitrogens with one attached hydrogen (secondary N) is 1. The Bertz CT molecular complexity index is 1600. The van der Waals surface area contributed by atoms with Crippen LogP contribution in [0.2, 0.25) is 0 Å². The summed E-state index contributed by atoms with van der Waals surface area (Å²) in [5.74, 6) is 0.847. The summed E-state index contributed by atoms with van der Waals surface area (Å²) in [6.45, 7) is 12.9. The molecule has 1 unspecified atom stereocenters. The van der Waals surface area contributed by atoms with Crippen LogP contribution in [-0.2, 0) is 9.47 Å². The molecule has 3 aromatic heterocycles. The van der Waals surface area contributed by atoms with E-state index in [1.807, 2.05) is 63.6 Å². The van der Waals surface area contributed by atoms with E-state index in [0.717, 1.165) is 48.1 Å². The Labute approximate surface area is 251 Å². The summed E-state index contributed by atoms with van der Waals surface area (Å²) >= 11 is 0. The van der Waals surface area contributed by atoms with Gasteiger partial charge in [-0.2, -0.15) is 9.97 Å². The van der Waals surface area contributed by atoms with Crippen molar-refractivity contribution >= 4 is 45.5 Å². The van der Waals surface area contributed by atoms with Crippen molar-refractivity contribution in [1.29, 1.82) is 0 Å². The Morgan fingerprint density at radius 3 is 2.60 bits per heavy atom. The highest BCUT2D eigenvalue weighted by molar-refractivity contribution is 5.94. The first-order valence-electron chi connectivity index (χ1n) is 15.1. The molecular formula is C31H40N8O4. The van der Waals surface area contributed by atoms with Crippen molar-refractivity contribution in [3.05, 3.63) is 36.8 Å². The van der Waals surface area contributed by atoms with Crippen molar-refractivity contribution in [2.45, 2.75) is 71.8 Å². The van der Waals surface area contributed by atoms with Crippen LogP contribution in [-0.4, -0.2) is 80.0 Å². The van der Waals surface area contributed by atoms with E-state index in [1.165, 1.54) is 0 Å². The van der Waals surface area contributed by atoms with Gasteiger partial charge in [0.15, 0.2) is 11.2 Å². The van der Waals surface area contributed by atoms with Crippen LogP contribution in [0, 0.1) is 0 Å². The van der Waals surface area contributed by atoms with E-state index in [0.29, 0.717) is 49.2 Å². The zero-order valence-electron chi connectivity index (χ0n) is 25.5. The Hall–Kier alpha value is -4.19. The number of anilines is 3. The molecule has 43 heavy (non-hydrogen) atoms. The van der Waals surface area contributed by atoms with Crippen molar-refractivity contribution in [1.82, 2.24) is 29.4 Å². The fourth-order valence-corrected chi connectivity index (χ4v) is 5.48. The van der Waals surface area contributed by atoms with Crippen molar-refractivity contribution < 1.29 is 19.0 Å². The zero-order chi connectivity index (χ0) is 30.1. The lowest BCUT2D eigenvalue weighted by molar-refractivity contribution is -0.0298. The lowest BCUT2D eigenvalue weighted by Gasteiger charge is -2.37. The third-order valence-corrected chi connectivity index (χ3v) is 7.45. The Morgan fingerprint density at radius 1 is 1.07 bits per heavy atom. The first-order chi connectivity index (χ1) is 20.6. The number of nitrogens with zero attached hydrogens (tertiary/aromatic N) is 7. The monoisotopic (exact) mass is 588 g/mol. The number of imidazole rings is 1. The Balaban J connectivity index is 1.27. The molecule has 0 spiro atoms. The smallest absolute Gasteiger partial charge is 0.410 e. The molecule has 2 fully saturated rings. The second-order valence-electron chi connectivity index (χ2n) is 12.3. The molecule has 5 heterocycles. The summed E-state index contributed by atoms with van der Waals surface area (Å²) in [7, 11) is 0. The van der Waals surface area contributed by atoms with E-state index in [-0.39, 0.29) is 18.4 Å². The second kappa shape index (κ2) is 11.8. The summed E-state index contributed by atoms with van der Waals surface area (Å²) in [6.07, 6.45) is 6.20. The topological polar surface area (TPSA) is 120 Å². The van der Waals surface area contributed by atoms with Crippen LogP contribution < -0.4 is 15.0 Å². The van der Waals surface area contributed by atoms with Gasteiger partial charge in [-0.1, -0.05) is 0 Å². The number of pyridine rings is 1. The number of hydrogen-bond acceptors (Lipinski definition) is 10. The molecule has 0 saturated carbocycles. The van der Waals surface area contributed by atoms with Gasteiger partial charge in [0, 0.05) is 55.7 Å². The highest BCUT2D eigenvalue weighted by Gasteiger charge is 2.27. The van der Waals surface area contributed by atoms with Crippen LogP contribution in [0.1, 0.15) is 60.1 Å². The average molecular weight is 589 g/mol. The van der Waals surface area contributed by atoms with Gasteiger partial charge in [-0.15, -0.1) is 0 Å². The van der Waals surface area contributed by atoms with E-state index in [2.05, 4.69) is 26.3 Å². The third-order valence-electron chi connectivity index (χ3n) is 7.45. The standard InChI is InChI=1S/C31H40N8O4/c1-20(2)42-28-26-27(39(19-33-26)25-8-6-7-17-41-25)35-29(36-28)34-21-9-10-23-22(18-21)24(11-12-32-23)37-13-15-38(16-14-37)30(40)43-31(3,4)5/h9-12,18-20,25H,6-8,13-17H2,1-5H3,(H,34,35,36). The normalized spacial score (nSPS) is 18.0. The number of carbonyl (C=O) groups excluding carboxylic acids is 1. The summed E-state index contributed by atoms with van der Waals surface area (Å²) < 4.78 is 19.6. The second-order valence-corrected chi connectivity index (χ2v) is 12.3. The van der Waals surface area contributed by atoms with Crippen LogP contribution in [0.5, 0.6) is 5.88 Å². The molecule has 1 atom stereocenters. The summed E-state index contributed by atoms with van der Waals surface area (Å²) in [5, 5.41) is 4.39. The number of benzene rings is 1. The first-order valence-corrected chi connectivity index (χ1v) is 15.1. The van der Waals surface area contributed by atoms with E-state index >= 15 is 0 Å². The molecule has 2 saturated heterocycles. The molecule has 1 aromatic carbocycles. The minimum Gasteiger partial charge on any atom is -0.473 e. The number of aromatic nitrogens is 5. The zero-order valence-corrected chi connectivity index (χ0v) is 25.5. The van der Waals surface area contributed by atoms with Gasteiger partial charge < -0.3 is 29.3 Å². The quantitative estimate of drug-likeness (QED) is 0.302. The maximum absolute atomic E-state index is 12.6. The van der Waals surface area contributed by atoms with Gasteiger partial charge in [-0.05, 0) is 78.1 Å². The highest BCUT2D eigenvalue weighted by Crippen LogP contribution is 2.33. The van der Waals surface area contributed by atoms with E-state index < -0.39 is 5.60 Å². The van der Waals surface area contributed by atoms with Gasteiger partial charge in [-0.3, -0.25) is 9.55 Å². The number of piperazine rings is 1. The van der Waals surface area contributed by atoms with Crippen molar-refractivity contribution in [3.63, 3.8) is 0 Å². The maximum Gasteiger partial charge on any atom is 0.410 e. The summed E-state index contributed by atoms with van der Waals surface area (Å²) in [4.78, 5) is 35.4. The van der Waals surface area contributed by atoms with Gasteiger partial charge in [0.1, 0.15) is 11.8 Å². The maximum atomic E-state index is 12.6. The van der Waals surface area contributed by atoms with Crippen LogP contribution in [0.15, 0.2) is 36.8 Å². The Kier molecular flexibility index (Phi) is 7.95. The van der Waals surface area contributed by atoms with Crippen LogP contribution in [0.4, 0.5) is 22.1 Å². The largest absolute Gasteiger partial charge is 0.473 e. The molecular weight excluding hydrogens is 548 g/mol. The van der Waals surface area contributed by atoms with E-state index in [9.17, 15) is 4.79 Å². The predicted molar refractivity (Wildman–Crippen MR) is 165 cm³/mol. The number of hydrogen-bond donors (Lipinski definition) is 1. The van der Waals surface area contributed by atoms with Crippen molar-refractivity contribution in [2.75, 3.05) is 43.0 Å². The molecule has 6 rings (SSSR count). The predicted octanol–water partition coefficient (Wildman–Crippen LogP) is 5.66. The van der Waals surface area contributed by atoms with Crippen molar-refractivity contribution in [3.8, 4) is 5.88 Å². The third kappa shape index (κ3) is 6.43. The Morgan fingerprint density at radius 2 is 1.88 bits per heavy atom. The molecule has 2 aliphatic rings. The minimum absolute atomic E-state index is 0.0767. The van der Waals surface area contributed by atoms with Gasteiger partial charge >= 0.3 is 6.09 Å². The first kappa shape index (κ1) is 28.9. The summed E-state index contributed by atoms with van der Waals surface area (Å²) in [5.41, 5.74) is 3.53. The average Bonchev–Trinajstić information content (AvgIpc) is 3.41. The lowest BCUT2D eigenvalue weighted by Crippen LogP contribution is -2.50. The van der Waals surface area contributed by atoms with Gasteiger partial charge in [0.2, 0.25) is 11.8 Å². The highest BCUT2D eigenvalue weighted by atomic mass is 16.6. The number of rotatable bonds is 6. The fourth-order valence-electron chi connectivity index (χ4n) is 5.48. The molecule has 2 aliphatic heterocycles. The molecule has 0 aliphatic carbocycles. The molecule has 0 bridgehead atoms. The molecule has 12 heteroatoms. The molecule has 4 aromatic rings. The summed E-state index contributed by atoms with van der Waals surface area (Å²) in [6, 6.07) is 8.05.